The Bertz CT molecular complexity index is 1010. The number of hydrogen-bond donors (Lipinski definition) is 9. The fraction of sp³-hybridized carbons (Fsp3) is 0.500. The second kappa shape index (κ2) is 16.6. The van der Waals surface area contributed by atoms with E-state index in [1.54, 1.807) is 30.3 Å². The van der Waals surface area contributed by atoms with E-state index in [0.717, 1.165) is 0 Å². The molecule has 1 aromatic rings. The van der Waals surface area contributed by atoms with Crippen molar-refractivity contribution in [2.75, 3.05) is 6.54 Å². The van der Waals surface area contributed by atoms with Crippen molar-refractivity contribution in [3.05, 3.63) is 35.9 Å². The Morgan fingerprint density at radius 3 is 1.92 bits per heavy atom. The standard InChI is InChI=1S/C24H37N7O8/c1-13(32)19(25)22(37)30-15(8-5-11-28-24(26)27)20(35)29-16(9-10-18(33)34)21(36)31-17(23(38)39)12-14-6-3-2-4-7-14/h2-4,6-7,13,15-17,19,32H,5,8-12,25H2,1H3,(H,29,35)(H,30,37)(H,31,36)(H,33,34)(H,38,39)(H4,26,27,28). The van der Waals surface area contributed by atoms with Crippen LogP contribution in [0.1, 0.15) is 38.2 Å². The lowest BCUT2D eigenvalue weighted by molar-refractivity contribution is -0.143. The SMILES string of the molecule is CC(O)C(N)C(=O)NC(CCCN=C(N)N)C(=O)NC(CCC(=O)O)C(=O)NC(Cc1ccccc1)C(=O)O. The molecule has 216 valence electrons. The normalized spacial score (nSPS) is 14.5. The van der Waals surface area contributed by atoms with E-state index in [0.29, 0.717) is 5.56 Å². The van der Waals surface area contributed by atoms with Crippen molar-refractivity contribution in [3.8, 4) is 0 Å². The molecule has 0 bridgehead atoms. The Morgan fingerprint density at radius 1 is 0.872 bits per heavy atom. The van der Waals surface area contributed by atoms with Gasteiger partial charge in [0.05, 0.1) is 6.10 Å². The summed E-state index contributed by atoms with van der Waals surface area (Å²) in [6, 6.07) is 3.12. The number of nitrogens with zero attached hydrogens (tertiary/aromatic N) is 1. The molecule has 3 amide bonds. The van der Waals surface area contributed by atoms with Crippen molar-refractivity contribution >= 4 is 35.6 Å². The maximum Gasteiger partial charge on any atom is 0.326 e. The highest BCUT2D eigenvalue weighted by molar-refractivity contribution is 5.94. The number of aliphatic carboxylic acids is 2. The van der Waals surface area contributed by atoms with Crippen LogP contribution in [-0.4, -0.2) is 87.8 Å². The van der Waals surface area contributed by atoms with Gasteiger partial charge >= 0.3 is 11.9 Å². The minimum atomic E-state index is -1.44. The minimum Gasteiger partial charge on any atom is -0.481 e. The lowest BCUT2D eigenvalue weighted by Crippen LogP contribution is -2.58. The number of amides is 3. The van der Waals surface area contributed by atoms with Crippen molar-refractivity contribution in [2.24, 2.45) is 22.2 Å². The van der Waals surface area contributed by atoms with Crippen LogP contribution in [-0.2, 0) is 30.4 Å². The maximum absolute atomic E-state index is 13.1. The number of benzene rings is 1. The summed E-state index contributed by atoms with van der Waals surface area (Å²) in [4.78, 5) is 65.3. The van der Waals surface area contributed by atoms with Crippen LogP contribution in [0.4, 0.5) is 0 Å². The number of carbonyl (C=O) groups is 5. The van der Waals surface area contributed by atoms with Gasteiger partial charge in [0.25, 0.3) is 0 Å². The summed E-state index contributed by atoms with van der Waals surface area (Å²) < 4.78 is 0. The van der Waals surface area contributed by atoms with Crippen LogP contribution in [0.3, 0.4) is 0 Å². The topological polar surface area (TPSA) is 273 Å². The Hall–Kier alpha value is -4.24. The van der Waals surface area contributed by atoms with Crippen LogP contribution in [0, 0.1) is 0 Å². The van der Waals surface area contributed by atoms with E-state index in [9.17, 15) is 34.2 Å². The van der Waals surface area contributed by atoms with Gasteiger partial charge in [-0.25, -0.2) is 4.79 Å². The lowest BCUT2D eigenvalue weighted by Gasteiger charge is -2.25. The van der Waals surface area contributed by atoms with Crippen LogP contribution in [0.15, 0.2) is 35.3 Å². The first kappa shape index (κ1) is 32.8. The molecule has 0 aromatic heterocycles. The predicted octanol–water partition coefficient (Wildman–Crippen LogP) is -2.61. The Morgan fingerprint density at radius 2 is 1.41 bits per heavy atom. The highest BCUT2D eigenvalue weighted by Gasteiger charge is 2.31. The smallest absolute Gasteiger partial charge is 0.326 e. The molecule has 1 rings (SSSR count). The van der Waals surface area contributed by atoms with Crippen molar-refractivity contribution in [1.82, 2.24) is 16.0 Å². The molecule has 5 unspecified atom stereocenters. The van der Waals surface area contributed by atoms with E-state index in [4.69, 9.17) is 22.3 Å². The van der Waals surface area contributed by atoms with E-state index in [-0.39, 0.29) is 38.2 Å². The third-order valence-electron chi connectivity index (χ3n) is 5.58. The molecule has 0 aliphatic carbocycles. The fourth-order valence-electron chi connectivity index (χ4n) is 3.39. The van der Waals surface area contributed by atoms with Gasteiger partial charge in [0.1, 0.15) is 24.2 Å². The Kier molecular flexibility index (Phi) is 13.9. The fourth-order valence-corrected chi connectivity index (χ4v) is 3.39. The highest BCUT2D eigenvalue weighted by atomic mass is 16.4. The quantitative estimate of drug-likeness (QED) is 0.0549. The van der Waals surface area contributed by atoms with Crippen LogP contribution in [0.25, 0.3) is 0 Å². The number of aliphatic hydroxyl groups is 1. The van der Waals surface area contributed by atoms with Crippen LogP contribution in [0.2, 0.25) is 0 Å². The third-order valence-corrected chi connectivity index (χ3v) is 5.58. The van der Waals surface area contributed by atoms with E-state index in [1.807, 2.05) is 0 Å². The molecule has 0 saturated carbocycles. The van der Waals surface area contributed by atoms with E-state index in [2.05, 4.69) is 20.9 Å². The van der Waals surface area contributed by atoms with Gasteiger partial charge in [-0.15, -0.1) is 0 Å². The number of guanidine groups is 1. The summed E-state index contributed by atoms with van der Waals surface area (Å²) in [5.74, 6) is -5.36. The van der Waals surface area contributed by atoms with Crippen molar-refractivity contribution in [1.29, 1.82) is 0 Å². The van der Waals surface area contributed by atoms with E-state index in [1.165, 1.54) is 6.92 Å². The van der Waals surface area contributed by atoms with Gasteiger partial charge in [-0.05, 0) is 31.7 Å². The molecule has 0 radical (unpaired) electrons. The van der Waals surface area contributed by atoms with Gasteiger partial charge in [0.2, 0.25) is 17.7 Å². The number of aliphatic hydroxyl groups excluding tert-OH is 1. The van der Waals surface area contributed by atoms with E-state index < -0.39 is 66.4 Å². The Balaban J connectivity index is 3.08. The van der Waals surface area contributed by atoms with Crippen LogP contribution < -0.4 is 33.2 Å². The molecule has 12 N–H and O–H groups in total. The molecule has 0 heterocycles. The van der Waals surface area contributed by atoms with Gasteiger partial charge in [-0.1, -0.05) is 30.3 Å². The largest absolute Gasteiger partial charge is 0.481 e. The summed E-state index contributed by atoms with van der Waals surface area (Å²) >= 11 is 0. The molecule has 39 heavy (non-hydrogen) atoms. The summed E-state index contributed by atoms with van der Waals surface area (Å²) in [6.07, 6.45) is -1.91. The molecule has 5 atom stereocenters. The van der Waals surface area contributed by atoms with Crippen molar-refractivity contribution < 1.29 is 39.3 Å². The molecule has 0 saturated heterocycles. The number of carbonyl (C=O) groups excluding carboxylic acids is 3. The molecule has 0 aliphatic heterocycles. The van der Waals surface area contributed by atoms with Gasteiger partial charge in [-0.2, -0.15) is 0 Å². The van der Waals surface area contributed by atoms with Crippen molar-refractivity contribution in [3.63, 3.8) is 0 Å². The highest BCUT2D eigenvalue weighted by Crippen LogP contribution is 2.07. The van der Waals surface area contributed by atoms with Crippen molar-refractivity contribution in [2.45, 2.75) is 69.3 Å². The lowest BCUT2D eigenvalue weighted by atomic mass is 10.0. The Labute approximate surface area is 225 Å². The van der Waals surface area contributed by atoms with E-state index >= 15 is 0 Å². The number of carboxylic acids is 2. The molecule has 0 aliphatic rings. The average molecular weight is 552 g/mol. The second-order valence-corrected chi connectivity index (χ2v) is 8.86. The second-order valence-electron chi connectivity index (χ2n) is 8.86. The van der Waals surface area contributed by atoms with Gasteiger partial charge < -0.3 is 48.5 Å². The summed E-state index contributed by atoms with van der Waals surface area (Å²) in [5, 5.41) is 35.4. The maximum atomic E-state index is 13.1. The van der Waals surface area contributed by atoms with Gasteiger partial charge in [0.15, 0.2) is 5.96 Å². The molecular weight excluding hydrogens is 514 g/mol. The number of aliphatic imine (C=N–C) groups is 1. The zero-order valence-corrected chi connectivity index (χ0v) is 21.6. The monoisotopic (exact) mass is 551 g/mol. The number of hydrogen-bond acceptors (Lipinski definition) is 8. The first-order valence-corrected chi connectivity index (χ1v) is 12.2. The molecule has 15 heteroatoms. The number of nitrogens with two attached hydrogens (primary N) is 3. The first-order chi connectivity index (χ1) is 18.3. The van der Waals surface area contributed by atoms with Crippen LogP contribution in [0.5, 0.6) is 0 Å². The first-order valence-electron chi connectivity index (χ1n) is 12.2. The predicted molar refractivity (Wildman–Crippen MR) is 140 cm³/mol. The average Bonchev–Trinajstić information content (AvgIpc) is 2.87. The summed E-state index contributed by atoms with van der Waals surface area (Å²) in [6.45, 7) is 1.41. The minimum absolute atomic E-state index is 0.0000887. The molecular formula is C24H37N7O8. The molecule has 0 fully saturated rings. The molecule has 15 nitrogen and oxygen atoms in total. The molecule has 0 spiro atoms. The van der Waals surface area contributed by atoms with Crippen LogP contribution >= 0.6 is 0 Å². The third kappa shape index (κ3) is 12.7. The zero-order chi connectivity index (χ0) is 29.5. The summed E-state index contributed by atoms with van der Waals surface area (Å²) in [7, 11) is 0. The number of rotatable bonds is 17. The zero-order valence-electron chi connectivity index (χ0n) is 21.6. The number of nitrogens with one attached hydrogen (secondary N) is 3. The molecule has 1 aromatic carbocycles. The van der Waals surface area contributed by atoms with Gasteiger partial charge in [-0.3, -0.25) is 24.2 Å². The summed E-state index contributed by atoms with van der Waals surface area (Å²) in [5.41, 5.74) is 16.9. The number of carboxylic acid groups (broad SMARTS) is 2. The van der Waals surface area contributed by atoms with Gasteiger partial charge in [0, 0.05) is 19.4 Å².